The average molecular weight is 329 g/mol. The van der Waals surface area contributed by atoms with Crippen molar-refractivity contribution in [2.24, 2.45) is 0 Å². The molecule has 0 unspecified atom stereocenters. The molecule has 2 aromatic rings. The maximum Gasteiger partial charge on any atom is 0.342 e. The number of amides is 1. The summed E-state index contributed by atoms with van der Waals surface area (Å²) in [7, 11) is 0. The molecule has 0 atom stereocenters. The number of ether oxygens (including phenoxy) is 1. The van der Waals surface area contributed by atoms with E-state index in [0.29, 0.717) is 22.9 Å². The molecule has 0 aliphatic heterocycles. The first-order chi connectivity index (χ1) is 11.4. The molecule has 0 spiro atoms. The number of hydrogen-bond donors (Lipinski definition) is 2. The highest BCUT2D eigenvalue weighted by Crippen LogP contribution is 2.18. The number of nitrogens with one attached hydrogen (secondary N) is 2. The standard InChI is InChI=1S/C18H23N3O3/c1-11(2)13-5-7-14(8-6-13)20-16(22)10-24-18(23)15-9-19-21-17(15)12(3)4/h5-9,11-12H,10H2,1-4H3,(H,19,21)(H,20,22). The van der Waals surface area contributed by atoms with Crippen LogP contribution in [0.5, 0.6) is 0 Å². The van der Waals surface area contributed by atoms with Crippen LogP contribution in [-0.4, -0.2) is 28.7 Å². The van der Waals surface area contributed by atoms with Crippen molar-refractivity contribution in [3.63, 3.8) is 0 Å². The molecule has 1 aromatic heterocycles. The highest BCUT2D eigenvalue weighted by molar-refractivity contribution is 5.95. The molecule has 0 aliphatic carbocycles. The van der Waals surface area contributed by atoms with Crippen LogP contribution in [0.4, 0.5) is 5.69 Å². The van der Waals surface area contributed by atoms with Crippen LogP contribution in [0.2, 0.25) is 0 Å². The number of benzene rings is 1. The Kier molecular flexibility index (Phi) is 5.73. The molecular formula is C18H23N3O3. The summed E-state index contributed by atoms with van der Waals surface area (Å²) >= 11 is 0. The summed E-state index contributed by atoms with van der Waals surface area (Å²) in [6.07, 6.45) is 1.42. The lowest BCUT2D eigenvalue weighted by Gasteiger charge is -2.09. The summed E-state index contributed by atoms with van der Waals surface area (Å²) in [4.78, 5) is 24.0. The molecule has 6 heteroatoms. The number of carbonyl (C=O) groups excluding carboxylic acids is 2. The van der Waals surface area contributed by atoms with Crippen molar-refractivity contribution in [2.45, 2.75) is 39.5 Å². The third kappa shape index (κ3) is 4.44. The van der Waals surface area contributed by atoms with Crippen LogP contribution in [-0.2, 0) is 9.53 Å². The number of anilines is 1. The van der Waals surface area contributed by atoms with Crippen molar-refractivity contribution in [1.29, 1.82) is 0 Å². The number of nitrogens with zero attached hydrogens (tertiary/aromatic N) is 1. The molecule has 0 radical (unpaired) electrons. The maximum absolute atomic E-state index is 12.0. The minimum Gasteiger partial charge on any atom is -0.452 e. The fourth-order valence-electron chi connectivity index (χ4n) is 2.26. The normalized spacial score (nSPS) is 10.9. The Morgan fingerprint density at radius 2 is 1.79 bits per heavy atom. The van der Waals surface area contributed by atoms with E-state index < -0.39 is 5.97 Å². The molecule has 0 aliphatic rings. The van der Waals surface area contributed by atoms with Gasteiger partial charge in [0.2, 0.25) is 0 Å². The van der Waals surface area contributed by atoms with Gasteiger partial charge in [0.25, 0.3) is 5.91 Å². The molecule has 128 valence electrons. The number of esters is 1. The van der Waals surface area contributed by atoms with E-state index in [9.17, 15) is 9.59 Å². The zero-order valence-electron chi connectivity index (χ0n) is 14.4. The SMILES string of the molecule is CC(C)c1ccc(NC(=O)COC(=O)c2cn[nH]c2C(C)C)cc1. The fraction of sp³-hybridized carbons (Fsp3) is 0.389. The van der Waals surface area contributed by atoms with Gasteiger partial charge in [-0.25, -0.2) is 4.79 Å². The van der Waals surface area contributed by atoms with E-state index in [1.165, 1.54) is 11.8 Å². The first-order valence-corrected chi connectivity index (χ1v) is 7.98. The monoisotopic (exact) mass is 329 g/mol. The summed E-state index contributed by atoms with van der Waals surface area (Å²) in [5, 5.41) is 9.34. The van der Waals surface area contributed by atoms with Gasteiger partial charge in [0, 0.05) is 5.69 Å². The van der Waals surface area contributed by atoms with E-state index in [0.717, 1.165) is 0 Å². The lowest BCUT2D eigenvalue weighted by molar-refractivity contribution is -0.119. The van der Waals surface area contributed by atoms with Crippen molar-refractivity contribution >= 4 is 17.6 Å². The molecule has 1 heterocycles. The number of aromatic amines is 1. The predicted molar refractivity (Wildman–Crippen MR) is 92.1 cm³/mol. The van der Waals surface area contributed by atoms with Crippen LogP contribution >= 0.6 is 0 Å². The summed E-state index contributed by atoms with van der Waals surface area (Å²) in [6.45, 7) is 7.76. The fourth-order valence-corrected chi connectivity index (χ4v) is 2.26. The first-order valence-electron chi connectivity index (χ1n) is 7.98. The van der Waals surface area contributed by atoms with Gasteiger partial charge in [-0.15, -0.1) is 0 Å². The highest BCUT2D eigenvalue weighted by Gasteiger charge is 2.18. The van der Waals surface area contributed by atoms with Crippen molar-refractivity contribution in [2.75, 3.05) is 11.9 Å². The highest BCUT2D eigenvalue weighted by atomic mass is 16.5. The van der Waals surface area contributed by atoms with Crippen LogP contribution < -0.4 is 5.32 Å². The summed E-state index contributed by atoms with van der Waals surface area (Å²) in [6, 6.07) is 7.60. The van der Waals surface area contributed by atoms with Gasteiger partial charge in [-0.3, -0.25) is 9.89 Å². The second kappa shape index (κ2) is 7.77. The minimum atomic E-state index is -0.558. The molecule has 24 heavy (non-hydrogen) atoms. The van der Waals surface area contributed by atoms with Gasteiger partial charge in [0.05, 0.1) is 11.9 Å². The summed E-state index contributed by atoms with van der Waals surface area (Å²) in [5.41, 5.74) is 2.93. The first kappa shape index (κ1) is 17.7. The van der Waals surface area contributed by atoms with Crippen molar-refractivity contribution in [3.8, 4) is 0 Å². The third-order valence-electron chi connectivity index (χ3n) is 3.66. The smallest absolute Gasteiger partial charge is 0.342 e. The molecule has 0 bridgehead atoms. The number of H-pyrrole nitrogens is 1. The van der Waals surface area contributed by atoms with Gasteiger partial charge in [-0.1, -0.05) is 39.8 Å². The zero-order chi connectivity index (χ0) is 17.7. The lowest BCUT2D eigenvalue weighted by Crippen LogP contribution is -2.21. The van der Waals surface area contributed by atoms with E-state index >= 15 is 0 Å². The van der Waals surface area contributed by atoms with E-state index in [2.05, 4.69) is 29.4 Å². The number of hydrogen-bond acceptors (Lipinski definition) is 4. The van der Waals surface area contributed by atoms with Crippen LogP contribution in [0.3, 0.4) is 0 Å². The quantitative estimate of drug-likeness (QED) is 0.795. The minimum absolute atomic E-state index is 0.114. The molecule has 6 nitrogen and oxygen atoms in total. The second-order valence-electron chi connectivity index (χ2n) is 6.25. The third-order valence-corrected chi connectivity index (χ3v) is 3.66. The van der Waals surface area contributed by atoms with Gasteiger partial charge < -0.3 is 10.1 Å². The molecular weight excluding hydrogens is 306 g/mol. The molecule has 0 saturated carbocycles. The number of aromatic nitrogens is 2. The number of rotatable bonds is 6. The number of carbonyl (C=O) groups is 2. The van der Waals surface area contributed by atoms with Crippen molar-refractivity contribution in [1.82, 2.24) is 10.2 Å². The molecule has 1 amide bonds. The van der Waals surface area contributed by atoms with Crippen molar-refractivity contribution in [3.05, 3.63) is 47.3 Å². The molecule has 2 rings (SSSR count). The Hall–Kier alpha value is -2.63. The zero-order valence-corrected chi connectivity index (χ0v) is 14.4. The Labute approximate surface area is 141 Å². The van der Waals surface area contributed by atoms with Crippen molar-refractivity contribution < 1.29 is 14.3 Å². The molecule has 0 fully saturated rings. The van der Waals surface area contributed by atoms with E-state index in [1.54, 1.807) is 0 Å². The summed E-state index contributed by atoms with van der Waals surface area (Å²) in [5.74, 6) is -0.392. The molecule has 2 N–H and O–H groups in total. The Morgan fingerprint density at radius 1 is 1.12 bits per heavy atom. The maximum atomic E-state index is 12.0. The van der Waals surface area contributed by atoms with E-state index in [-0.39, 0.29) is 18.4 Å². The van der Waals surface area contributed by atoms with Gasteiger partial charge in [0.1, 0.15) is 5.56 Å². The Morgan fingerprint density at radius 3 is 2.38 bits per heavy atom. The Bertz CT molecular complexity index is 703. The van der Waals surface area contributed by atoms with Gasteiger partial charge in [-0.2, -0.15) is 5.10 Å². The van der Waals surface area contributed by atoms with Gasteiger partial charge in [0.15, 0.2) is 6.61 Å². The van der Waals surface area contributed by atoms with Gasteiger partial charge >= 0.3 is 5.97 Å². The Balaban J connectivity index is 1.88. The predicted octanol–water partition coefficient (Wildman–Crippen LogP) is 3.45. The second-order valence-corrected chi connectivity index (χ2v) is 6.25. The largest absolute Gasteiger partial charge is 0.452 e. The van der Waals surface area contributed by atoms with E-state index in [1.807, 2.05) is 38.1 Å². The van der Waals surface area contributed by atoms with Gasteiger partial charge in [-0.05, 0) is 29.5 Å². The van der Waals surface area contributed by atoms with E-state index in [4.69, 9.17) is 4.74 Å². The van der Waals surface area contributed by atoms with Crippen LogP contribution in [0.25, 0.3) is 0 Å². The van der Waals surface area contributed by atoms with Crippen LogP contribution in [0.15, 0.2) is 30.5 Å². The topological polar surface area (TPSA) is 84.1 Å². The average Bonchev–Trinajstić information content (AvgIpc) is 3.03. The van der Waals surface area contributed by atoms with Crippen LogP contribution in [0, 0.1) is 0 Å². The molecule has 1 aromatic carbocycles. The lowest BCUT2D eigenvalue weighted by atomic mass is 10.0. The summed E-state index contributed by atoms with van der Waals surface area (Å²) < 4.78 is 5.06. The molecule has 0 saturated heterocycles. The van der Waals surface area contributed by atoms with Crippen LogP contribution in [0.1, 0.15) is 61.1 Å².